The fourth-order valence-electron chi connectivity index (χ4n) is 1.29. The van der Waals surface area contributed by atoms with Crippen LogP contribution in [0.15, 0.2) is 47.6 Å². The maximum absolute atomic E-state index is 4.32. The first-order valence-electron chi connectivity index (χ1n) is 4.20. The van der Waals surface area contributed by atoms with Crippen molar-refractivity contribution in [3.63, 3.8) is 0 Å². The summed E-state index contributed by atoms with van der Waals surface area (Å²) in [5, 5.41) is 2.08. The van der Waals surface area contributed by atoms with Crippen molar-refractivity contribution in [2.24, 2.45) is 4.99 Å². The molecule has 0 unspecified atom stereocenters. The Morgan fingerprint density at radius 2 is 2.00 bits per heavy atom. The summed E-state index contributed by atoms with van der Waals surface area (Å²) >= 11 is 0. The molecule has 1 radical (unpaired) electrons. The van der Waals surface area contributed by atoms with E-state index < -0.39 is 0 Å². The minimum absolute atomic E-state index is 0.961. The lowest BCUT2D eigenvalue weighted by Gasteiger charge is -1.94. The topological polar surface area (TPSA) is 12.4 Å². The van der Waals surface area contributed by atoms with E-state index in [1.165, 1.54) is 0 Å². The van der Waals surface area contributed by atoms with Gasteiger partial charge in [0.05, 0.1) is 5.36 Å². The molecule has 0 bridgehead atoms. The predicted octanol–water partition coefficient (Wildman–Crippen LogP) is 1.35. The number of allylic oxidation sites excluding steroid dienone is 3. The van der Waals surface area contributed by atoms with Crippen LogP contribution in [-0.2, 0) is 0 Å². The minimum atomic E-state index is 0.961. The van der Waals surface area contributed by atoms with Gasteiger partial charge in [-0.1, -0.05) is 36.4 Å². The highest BCUT2D eigenvalue weighted by molar-refractivity contribution is 5.40. The highest BCUT2D eigenvalue weighted by Crippen LogP contribution is 1.87. The molecule has 13 heavy (non-hydrogen) atoms. The fourth-order valence-corrected chi connectivity index (χ4v) is 1.29. The lowest BCUT2D eigenvalue weighted by Crippen LogP contribution is -2.26. The summed E-state index contributed by atoms with van der Waals surface area (Å²) in [6.45, 7) is 3.93. The van der Waals surface area contributed by atoms with Gasteiger partial charge in [0.25, 0.3) is 0 Å². The van der Waals surface area contributed by atoms with Gasteiger partial charge in [0.1, 0.15) is 0 Å². The molecule has 1 aliphatic rings. The summed E-state index contributed by atoms with van der Waals surface area (Å²) in [5.74, 6) is 0. The van der Waals surface area contributed by atoms with E-state index in [4.69, 9.17) is 0 Å². The summed E-state index contributed by atoms with van der Waals surface area (Å²) in [4.78, 5) is 4.32. The Kier molecular flexibility index (Phi) is 2.09. The average molecular weight is 168 g/mol. The van der Waals surface area contributed by atoms with E-state index in [9.17, 15) is 0 Å². The van der Waals surface area contributed by atoms with E-state index >= 15 is 0 Å². The highest BCUT2D eigenvalue weighted by Gasteiger charge is 1.90. The fraction of sp³-hybridized carbons (Fsp3) is 0. The summed E-state index contributed by atoms with van der Waals surface area (Å²) in [5.41, 5.74) is 0.966. The molecule has 1 heterocycles. The summed E-state index contributed by atoms with van der Waals surface area (Å²) in [7, 11) is 0. The van der Waals surface area contributed by atoms with Crippen molar-refractivity contribution in [3.8, 4) is 0 Å². The molecule has 1 aliphatic heterocycles. The molecule has 1 aromatic carbocycles. The Morgan fingerprint density at radius 1 is 1.08 bits per heavy atom. The monoisotopic (exact) mass is 168 g/mol. The number of benzene rings is 1. The lowest BCUT2D eigenvalue weighted by molar-refractivity contribution is 1.27. The molecule has 0 aromatic heterocycles. The van der Waals surface area contributed by atoms with Crippen LogP contribution in [0, 0.1) is 6.92 Å². The van der Waals surface area contributed by atoms with Crippen LogP contribution in [-0.4, -0.2) is 0 Å². The Labute approximate surface area is 77.4 Å². The van der Waals surface area contributed by atoms with Crippen LogP contribution in [0.2, 0.25) is 0 Å². The van der Waals surface area contributed by atoms with Gasteiger partial charge >= 0.3 is 0 Å². The molecule has 0 atom stereocenters. The Morgan fingerprint density at radius 3 is 2.92 bits per heavy atom. The van der Waals surface area contributed by atoms with Crippen LogP contribution in [0.3, 0.4) is 0 Å². The van der Waals surface area contributed by atoms with Gasteiger partial charge in [-0.2, -0.15) is 0 Å². The van der Waals surface area contributed by atoms with Gasteiger partial charge in [-0.3, -0.25) is 4.99 Å². The highest BCUT2D eigenvalue weighted by atomic mass is 14.7. The van der Waals surface area contributed by atoms with Crippen molar-refractivity contribution in [1.29, 1.82) is 0 Å². The van der Waals surface area contributed by atoms with Gasteiger partial charge < -0.3 is 0 Å². The third-order valence-electron chi connectivity index (χ3n) is 1.94. The Hall–Kier alpha value is -1.63. The molecule has 0 spiro atoms. The molecular formula is C12H10N. The number of hydrogen-bond acceptors (Lipinski definition) is 1. The van der Waals surface area contributed by atoms with E-state index in [0.717, 1.165) is 16.1 Å². The average Bonchev–Trinajstić information content (AvgIpc) is 2.07. The quantitative estimate of drug-likeness (QED) is 0.554. The molecule has 0 saturated heterocycles. The third-order valence-corrected chi connectivity index (χ3v) is 1.94. The molecular weight excluding hydrogens is 158 g/mol. The molecule has 2 rings (SSSR count). The first kappa shape index (κ1) is 7.99. The maximum atomic E-state index is 4.32. The normalized spacial score (nSPS) is 13.6. The predicted molar refractivity (Wildman–Crippen MR) is 54.4 cm³/mol. The second-order valence-corrected chi connectivity index (χ2v) is 2.88. The van der Waals surface area contributed by atoms with Gasteiger partial charge in [-0.25, -0.2) is 0 Å². The molecule has 1 heteroatoms. The molecule has 0 saturated carbocycles. The first-order chi connectivity index (χ1) is 6.38. The second kappa shape index (κ2) is 3.40. The molecule has 1 nitrogen and oxygen atoms in total. The van der Waals surface area contributed by atoms with Crippen LogP contribution in [0.25, 0.3) is 6.08 Å². The SMILES string of the molecule is [CH2]c1cccc2c1=NC=CC=CC=2. The molecule has 0 amide bonds. The molecule has 1 aromatic rings. The van der Waals surface area contributed by atoms with Crippen LogP contribution in [0.4, 0.5) is 0 Å². The summed E-state index contributed by atoms with van der Waals surface area (Å²) in [6.07, 6.45) is 9.70. The zero-order valence-corrected chi connectivity index (χ0v) is 7.27. The van der Waals surface area contributed by atoms with E-state index in [0.29, 0.717) is 0 Å². The number of para-hydroxylation sites is 1. The van der Waals surface area contributed by atoms with Crippen molar-refractivity contribution in [2.45, 2.75) is 0 Å². The van der Waals surface area contributed by atoms with Gasteiger partial charge in [0, 0.05) is 11.4 Å². The Bertz CT molecular complexity index is 478. The van der Waals surface area contributed by atoms with E-state index in [2.05, 4.69) is 11.9 Å². The van der Waals surface area contributed by atoms with Crippen molar-refractivity contribution >= 4 is 6.08 Å². The van der Waals surface area contributed by atoms with E-state index in [1.807, 2.05) is 42.5 Å². The van der Waals surface area contributed by atoms with Gasteiger partial charge in [0.2, 0.25) is 0 Å². The first-order valence-corrected chi connectivity index (χ1v) is 4.20. The minimum Gasteiger partial charge on any atom is -0.256 e. The van der Waals surface area contributed by atoms with E-state index in [-0.39, 0.29) is 0 Å². The largest absolute Gasteiger partial charge is 0.256 e. The van der Waals surface area contributed by atoms with Crippen molar-refractivity contribution < 1.29 is 0 Å². The lowest BCUT2D eigenvalue weighted by atomic mass is 10.2. The molecule has 63 valence electrons. The number of nitrogens with zero attached hydrogens (tertiary/aromatic N) is 1. The summed E-state index contributed by atoms with van der Waals surface area (Å²) in [6, 6.07) is 6.00. The van der Waals surface area contributed by atoms with Crippen LogP contribution >= 0.6 is 0 Å². The molecule has 0 aliphatic carbocycles. The Balaban J connectivity index is 2.86. The van der Waals surface area contributed by atoms with Gasteiger partial charge in [-0.05, 0) is 18.6 Å². The zero-order valence-electron chi connectivity index (χ0n) is 7.27. The second-order valence-electron chi connectivity index (χ2n) is 2.88. The zero-order chi connectivity index (χ0) is 9.10. The number of fused-ring (bicyclic) bond motifs is 1. The van der Waals surface area contributed by atoms with E-state index in [1.54, 1.807) is 6.20 Å². The van der Waals surface area contributed by atoms with Gasteiger partial charge in [0.15, 0.2) is 0 Å². The molecule has 0 N–H and O–H groups in total. The number of hydrogen-bond donors (Lipinski definition) is 0. The third kappa shape index (κ3) is 1.59. The van der Waals surface area contributed by atoms with Crippen molar-refractivity contribution in [1.82, 2.24) is 0 Å². The summed E-state index contributed by atoms with van der Waals surface area (Å²) < 4.78 is 0. The smallest absolute Gasteiger partial charge is 0.0733 e. The standard InChI is InChI=1S/C12H10N/c1-10-6-5-8-11-7-3-2-4-9-13-12(10)11/h2-9H,1H2. The van der Waals surface area contributed by atoms with Crippen LogP contribution in [0.5, 0.6) is 0 Å². The van der Waals surface area contributed by atoms with Crippen molar-refractivity contribution in [2.75, 3.05) is 0 Å². The van der Waals surface area contributed by atoms with Crippen LogP contribution in [0.1, 0.15) is 5.56 Å². The van der Waals surface area contributed by atoms with Crippen LogP contribution < -0.4 is 10.6 Å². The van der Waals surface area contributed by atoms with Crippen molar-refractivity contribution in [3.05, 3.63) is 65.7 Å². The maximum Gasteiger partial charge on any atom is 0.0733 e. The molecule has 0 fully saturated rings. The number of rotatable bonds is 0. The van der Waals surface area contributed by atoms with Gasteiger partial charge in [-0.15, -0.1) is 0 Å².